The summed E-state index contributed by atoms with van der Waals surface area (Å²) in [5.41, 5.74) is 2.50. The maximum atomic E-state index is 13.6. The highest BCUT2D eigenvalue weighted by molar-refractivity contribution is 5.74. The van der Waals surface area contributed by atoms with Gasteiger partial charge in [-0.15, -0.1) is 0 Å². The van der Waals surface area contributed by atoms with Crippen LogP contribution >= 0.6 is 0 Å². The molecule has 2 heterocycles. The van der Waals surface area contributed by atoms with E-state index in [-0.39, 0.29) is 103 Å². The quantitative estimate of drug-likeness (QED) is 0.116. The highest BCUT2D eigenvalue weighted by atomic mass is 16.7. The Morgan fingerprint density at radius 3 is 1.69 bits per heavy atom. The summed E-state index contributed by atoms with van der Waals surface area (Å²) in [5, 5.41) is 0. The van der Waals surface area contributed by atoms with E-state index in [2.05, 4.69) is 64.2 Å². The van der Waals surface area contributed by atoms with E-state index in [0.29, 0.717) is 37.0 Å². The molecule has 0 N–H and O–H groups in total. The molecule has 2 unspecified atom stereocenters. The van der Waals surface area contributed by atoms with Crippen LogP contribution in [0, 0.1) is 59.2 Å². The molecule has 0 bridgehead atoms. The number of allylic oxidation sites excluding steroid dienone is 6. The van der Waals surface area contributed by atoms with Gasteiger partial charge in [0.05, 0.1) is 36.9 Å². The third-order valence-electron chi connectivity index (χ3n) is 14.7. The van der Waals surface area contributed by atoms with Gasteiger partial charge in [-0.3, -0.25) is 19.2 Å². The van der Waals surface area contributed by atoms with Crippen molar-refractivity contribution in [3.05, 3.63) is 47.6 Å². The van der Waals surface area contributed by atoms with Crippen LogP contribution in [-0.4, -0.2) is 66.3 Å². The Balaban J connectivity index is 1.03. The zero-order valence-electron chi connectivity index (χ0n) is 38.8. The van der Waals surface area contributed by atoms with Crippen LogP contribution in [0.1, 0.15) is 146 Å². The molecule has 6 aliphatic rings. The Hall–Kier alpha value is -3.24. The molecule has 0 aromatic rings. The lowest BCUT2D eigenvalue weighted by Gasteiger charge is -2.45. The fraction of sp³-hybridized carbons (Fsp3) is 0.765. The number of carbonyl (C=O) groups excluding carboxylic acids is 4. The van der Waals surface area contributed by atoms with Gasteiger partial charge in [-0.1, -0.05) is 91.8 Å². The van der Waals surface area contributed by atoms with Crippen LogP contribution in [-0.2, 0) is 47.6 Å². The number of cyclic esters (lactones) is 1. The summed E-state index contributed by atoms with van der Waals surface area (Å²) in [6.45, 7) is 20.5. The molecule has 61 heavy (non-hydrogen) atoms. The maximum Gasteiger partial charge on any atom is 0.309 e. The van der Waals surface area contributed by atoms with Gasteiger partial charge in [-0.05, 0) is 112 Å². The molecular weight excluding hydrogens is 773 g/mol. The van der Waals surface area contributed by atoms with E-state index < -0.39 is 18.0 Å². The summed E-state index contributed by atoms with van der Waals surface area (Å²) in [7, 11) is 0. The summed E-state index contributed by atoms with van der Waals surface area (Å²) < 4.78 is 37.1. The molecule has 4 aliphatic carbocycles. The molecular formula is C51H76O10. The number of hydrogen-bond acceptors (Lipinski definition) is 10. The summed E-state index contributed by atoms with van der Waals surface area (Å²) in [6.07, 6.45) is 19.2. The molecule has 10 nitrogen and oxygen atoms in total. The van der Waals surface area contributed by atoms with E-state index in [1.807, 2.05) is 41.5 Å². The summed E-state index contributed by atoms with van der Waals surface area (Å²) >= 11 is 0. The third-order valence-corrected chi connectivity index (χ3v) is 14.7. The first kappa shape index (κ1) is 47.2. The minimum absolute atomic E-state index is 0.0344. The van der Waals surface area contributed by atoms with Crippen molar-refractivity contribution in [1.82, 2.24) is 0 Å². The highest BCUT2D eigenvalue weighted by Gasteiger charge is 2.45. The number of ether oxygens (including phenoxy) is 6. The largest absolute Gasteiger partial charge is 0.462 e. The number of esters is 4. The first-order chi connectivity index (χ1) is 28.9. The molecule has 2 fully saturated rings. The van der Waals surface area contributed by atoms with E-state index in [1.54, 1.807) is 0 Å². The van der Waals surface area contributed by atoms with E-state index >= 15 is 0 Å². The zero-order chi connectivity index (χ0) is 44.2. The van der Waals surface area contributed by atoms with Crippen molar-refractivity contribution in [2.75, 3.05) is 0 Å². The number of hydrogen-bond donors (Lipinski definition) is 0. The van der Waals surface area contributed by atoms with Crippen LogP contribution in [0.15, 0.2) is 47.6 Å². The van der Waals surface area contributed by atoms with E-state index in [0.717, 1.165) is 44.9 Å². The van der Waals surface area contributed by atoms with Gasteiger partial charge in [0.2, 0.25) is 0 Å². The van der Waals surface area contributed by atoms with Gasteiger partial charge in [0.15, 0.2) is 5.79 Å². The van der Waals surface area contributed by atoms with Gasteiger partial charge in [0.25, 0.3) is 0 Å². The molecule has 2 aliphatic heterocycles. The smallest absolute Gasteiger partial charge is 0.309 e. The standard InChI is InChI=1S/C51H76O10/c1-11-31(5)49(54)58-43-23-29(3)21-35-15-13-33(7)41(47(35)43)19-17-37-25-39(27-45(52)56-37)57-46(53)28-40-26-38(60-51(9,10)61-40)18-20-42-34(8)14-16-36-22-30(4)24-44(48(36)42)59-50(55)32(6)12-2/h13-16,21-22,29-34,37-44,47-48H,11-12,17-20,23-28H2,1-10H3/t29-,30-,31-,32-,33+,34+,37-,38?,39+,40?,41+,42+,43-,44-,47-,48+/m0/s1. The lowest BCUT2D eigenvalue weighted by Crippen LogP contribution is -2.46. The molecule has 2 saturated heterocycles. The molecule has 0 aromatic carbocycles. The van der Waals surface area contributed by atoms with Gasteiger partial charge in [0.1, 0.15) is 24.4 Å². The lowest BCUT2D eigenvalue weighted by molar-refractivity contribution is -0.301. The summed E-state index contributed by atoms with van der Waals surface area (Å²) in [5.74, 6) is -0.166. The summed E-state index contributed by atoms with van der Waals surface area (Å²) in [4.78, 5) is 52.4. The predicted octanol–water partition coefficient (Wildman–Crippen LogP) is 10.2. The van der Waals surface area contributed by atoms with Crippen molar-refractivity contribution >= 4 is 23.9 Å². The van der Waals surface area contributed by atoms with E-state index in [4.69, 9.17) is 28.4 Å². The monoisotopic (exact) mass is 849 g/mol. The lowest BCUT2D eigenvalue weighted by atomic mass is 9.65. The second-order valence-electron chi connectivity index (χ2n) is 20.3. The first-order valence-corrected chi connectivity index (χ1v) is 23.9. The number of rotatable bonds is 15. The van der Waals surface area contributed by atoms with Crippen LogP contribution in [0.2, 0.25) is 0 Å². The topological polar surface area (TPSA) is 124 Å². The van der Waals surface area contributed by atoms with Gasteiger partial charge < -0.3 is 28.4 Å². The zero-order valence-corrected chi connectivity index (χ0v) is 38.8. The molecule has 0 radical (unpaired) electrons. The van der Waals surface area contributed by atoms with Crippen molar-refractivity contribution in [3.63, 3.8) is 0 Å². The fourth-order valence-electron chi connectivity index (χ4n) is 11.1. The normalized spacial score (nSPS) is 37.8. The SMILES string of the molecule is CC[C@H](C)C(=O)O[C@H]1C[C@@H](C)C=C2C=C[C@@H](C)[C@@H](CCC3CC(CC(=O)O[C@H]4CC(=O)O[C@@H](CC[C@H]5[C@@H]6C(=C[C@H](C)C[C@@H]6OC(=O)[C@@H](C)CC)C=C[C@H]5C)C4)OC(C)(C)O3)[C@@H]21. The van der Waals surface area contributed by atoms with Crippen molar-refractivity contribution in [2.45, 2.75) is 189 Å². The van der Waals surface area contributed by atoms with Crippen molar-refractivity contribution in [1.29, 1.82) is 0 Å². The van der Waals surface area contributed by atoms with Crippen molar-refractivity contribution < 1.29 is 47.6 Å². The number of fused-ring (bicyclic) bond motifs is 2. The van der Waals surface area contributed by atoms with Crippen LogP contribution in [0.25, 0.3) is 0 Å². The Morgan fingerprint density at radius 1 is 0.689 bits per heavy atom. The average molecular weight is 849 g/mol. The van der Waals surface area contributed by atoms with Crippen molar-refractivity contribution in [3.8, 4) is 0 Å². The molecule has 0 amide bonds. The van der Waals surface area contributed by atoms with Crippen LogP contribution < -0.4 is 0 Å². The summed E-state index contributed by atoms with van der Waals surface area (Å²) in [6, 6.07) is 0. The Bertz CT molecular complexity index is 1690. The molecule has 6 rings (SSSR count). The Kier molecular flexibility index (Phi) is 15.9. The van der Waals surface area contributed by atoms with Gasteiger partial charge >= 0.3 is 23.9 Å². The van der Waals surface area contributed by atoms with Gasteiger partial charge in [0, 0.05) is 24.7 Å². The Labute approximate surface area is 366 Å². The third kappa shape index (κ3) is 12.1. The molecule has 0 spiro atoms. The highest BCUT2D eigenvalue weighted by Crippen LogP contribution is 2.47. The van der Waals surface area contributed by atoms with E-state index in [9.17, 15) is 19.2 Å². The first-order valence-electron chi connectivity index (χ1n) is 23.9. The molecule has 0 saturated carbocycles. The molecule has 0 aromatic heterocycles. The predicted molar refractivity (Wildman–Crippen MR) is 233 cm³/mol. The van der Waals surface area contributed by atoms with Crippen LogP contribution in [0.3, 0.4) is 0 Å². The van der Waals surface area contributed by atoms with Crippen LogP contribution in [0.4, 0.5) is 0 Å². The molecule has 10 heteroatoms. The second-order valence-corrected chi connectivity index (χ2v) is 20.3. The minimum Gasteiger partial charge on any atom is -0.462 e. The molecule has 16 atom stereocenters. The Morgan fingerprint density at radius 2 is 1.18 bits per heavy atom. The number of carbonyl (C=O) groups is 4. The average Bonchev–Trinajstić information content (AvgIpc) is 3.18. The van der Waals surface area contributed by atoms with Crippen molar-refractivity contribution in [2.24, 2.45) is 59.2 Å². The van der Waals surface area contributed by atoms with E-state index in [1.165, 1.54) is 11.1 Å². The van der Waals surface area contributed by atoms with Gasteiger partial charge in [-0.25, -0.2) is 0 Å². The minimum atomic E-state index is -0.881. The maximum absolute atomic E-state index is 13.6. The second kappa shape index (κ2) is 20.5. The molecule has 340 valence electrons. The van der Waals surface area contributed by atoms with Crippen LogP contribution in [0.5, 0.6) is 0 Å². The van der Waals surface area contributed by atoms with Gasteiger partial charge in [-0.2, -0.15) is 0 Å². The fourth-order valence-corrected chi connectivity index (χ4v) is 11.1.